The maximum Gasteiger partial charge on any atom is 0.401 e. The van der Waals surface area contributed by atoms with Crippen LogP contribution >= 0.6 is 15.9 Å². The summed E-state index contributed by atoms with van der Waals surface area (Å²) < 4.78 is 44.3. The van der Waals surface area contributed by atoms with Crippen LogP contribution in [0.5, 0.6) is 0 Å². The average Bonchev–Trinajstić information content (AvgIpc) is 2.70. The predicted molar refractivity (Wildman–Crippen MR) is 91.7 cm³/mol. The van der Waals surface area contributed by atoms with Crippen LogP contribution in [0.25, 0.3) is 11.0 Å². The van der Waals surface area contributed by atoms with Gasteiger partial charge in [0.2, 0.25) is 0 Å². The number of hydrogen-bond acceptors (Lipinski definition) is 3. The summed E-state index contributed by atoms with van der Waals surface area (Å²) in [6, 6.07) is 5.51. The summed E-state index contributed by atoms with van der Waals surface area (Å²) >= 11 is 3.40. The van der Waals surface area contributed by atoms with Crippen molar-refractivity contribution in [2.75, 3.05) is 32.7 Å². The van der Waals surface area contributed by atoms with Crippen LogP contribution in [-0.2, 0) is 0 Å². The molecular formula is C17H18BrF3N2O2. The second kappa shape index (κ2) is 6.99. The van der Waals surface area contributed by atoms with Crippen molar-refractivity contribution in [3.05, 3.63) is 34.0 Å². The third-order valence-corrected chi connectivity index (χ3v) is 4.86. The number of fused-ring (bicyclic) bond motifs is 1. The van der Waals surface area contributed by atoms with Crippen LogP contribution in [0.1, 0.15) is 22.5 Å². The highest BCUT2D eigenvalue weighted by atomic mass is 79.9. The number of alkyl halides is 3. The molecule has 1 aliphatic rings. The molecule has 1 saturated heterocycles. The quantitative estimate of drug-likeness (QED) is 0.732. The van der Waals surface area contributed by atoms with Crippen molar-refractivity contribution in [1.29, 1.82) is 0 Å². The molecule has 8 heteroatoms. The molecule has 0 unspecified atom stereocenters. The monoisotopic (exact) mass is 418 g/mol. The smallest absolute Gasteiger partial charge is 0.401 e. The Morgan fingerprint density at radius 1 is 1.24 bits per heavy atom. The molecule has 1 fully saturated rings. The summed E-state index contributed by atoms with van der Waals surface area (Å²) in [6.07, 6.45) is -3.71. The molecule has 4 nitrogen and oxygen atoms in total. The second-order valence-corrected chi connectivity index (χ2v) is 7.15. The normalized spacial score (nSPS) is 17.1. The summed E-state index contributed by atoms with van der Waals surface area (Å²) in [5.41, 5.74) is 1.37. The van der Waals surface area contributed by atoms with Crippen LogP contribution in [0.15, 0.2) is 27.1 Å². The van der Waals surface area contributed by atoms with E-state index in [0.717, 1.165) is 15.4 Å². The van der Waals surface area contributed by atoms with Crippen LogP contribution in [0.3, 0.4) is 0 Å². The fourth-order valence-corrected chi connectivity index (χ4v) is 3.49. The summed E-state index contributed by atoms with van der Waals surface area (Å²) in [7, 11) is 0. The first-order valence-electron chi connectivity index (χ1n) is 8.01. The highest BCUT2D eigenvalue weighted by Gasteiger charge is 2.32. The van der Waals surface area contributed by atoms with Crippen LogP contribution in [-0.4, -0.2) is 54.6 Å². The van der Waals surface area contributed by atoms with E-state index in [9.17, 15) is 18.0 Å². The molecule has 1 aliphatic heterocycles. The molecule has 0 atom stereocenters. The molecule has 0 saturated carbocycles. The van der Waals surface area contributed by atoms with Gasteiger partial charge in [-0.05, 0) is 31.5 Å². The summed E-state index contributed by atoms with van der Waals surface area (Å²) in [6.45, 7) is 2.10. The van der Waals surface area contributed by atoms with E-state index >= 15 is 0 Å². The Bertz CT molecular complexity index is 788. The van der Waals surface area contributed by atoms with Gasteiger partial charge in [-0.2, -0.15) is 13.2 Å². The number of furan rings is 1. The summed E-state index contributed by atoms with van der Waals surface area (Å²) in [5, 5.41) is 0.853. The number of rotatable bonds is 2. The average molecular weight is 419 g/mol. The number of carbonyl (C=O) groups excluding carboxylic acids is 1. The van der Waals surface area contributed by atoms with Crippen LogP contribution in [0, 0.1) is 6.92 Å². The van der Waals surface area contributed by atoms with Gasteiger partial charge in [-0.1, -0.05) is 15.9 Å². The van der Waals surface area contributed by atoms with Gasteiger partial charge in [-0.3, -0.25) is 9.69 Å². The van der Waals surface area contributed by atoms with Crippen LogP contribution in [0.2, 0.25) is 0 Å². The first-order valence-corrected chi connectivity index (χ1v) is 8.81. The van der Waals surface area contributed by atoms with Crippen molar-refractivity contribution in [1.82, 2.24) is 9.80 Å². The second-order valence-electron chi connectivity index (χ2n) is 6.23. The van der Waals surface area contributed by atoms with Gasteiger partial charge < -0.3 is 9.32 Å². The topological polar surface area (TPSA) is 36.7 Å². The number of nitrogens with zero attached hydrogens (tertiary/aromatic N) is 2. The van der Waals surface area contributed by atoms with Crippen molar-refractivity contribution in [2.45, 2.75) is 19.5 Å². The molecule has 2 heterocycles. The van der Waals surface area contributed by atoms with Gasteiger partial charge in [0.25, 0.3) is 5.91 Å². The van der Waals surface area contributed by atoms with Crippen molar-refractivity contribution < 1.29 is 22.4 Å². The number of carbonyl (C=O) groups is 1. The lowest BCUT2D eigenvalue weighted by Crippen LogP contribution is -2.38. The lowest BCUT2D eigenvalue weighted by Gasteiger charge is -2.22. The molecule has 1 aromatic heterocycles. The highest BCUT2D eigenvalue weighted by Crippen LogP contribution is 2.29. The zero-order valence-corrected chi connectivity index (χ0v) is 15.3. The molecule has 1 amide bonds. The number of halogens is 4. The lowest BCUT2D eigenvalue weighted by atomic mass is 10.1. The molecule has 0 N–H and O–H groups in total. The van der Waals surface area contributed by atoms with E-state index in [4.69, 9.17) is 4.42 Å². The van der Waals surface area contributed by atoms with E-state index in [-0.39, 0.29) is 24.8 Å². The van der Waals surface area contributed by atoms with Crippen molar-refractivity contribution in [3.8, 4) is 0 Å². The van der Waals surface area contributed by atoms with E-state index in [1.165, 1.54) is 4.90 Å². The first-order chi connectivity index (χ1) is 11.7. The third kappa shape index (κ3) is 4.17. The third-order valence-electron chi connectivity index (χ3n) is 4.37. The predicted octanol–water partition coefficient (Wildman–Crippen LogP) is 4.21. The number of amides is 1. The fraction of sp³-hybridized carbons (Fsp3) is 0.471. The van der Waals surface area contributed by atoms with E-state index < -0.39 is 12.7 Å². The Kier molecular flexibility index (Phi) is 5.11. The molecular weight excluding hydrogens is 401 g/mol. The van der Waals surface area contributed by atoms with Gasteiger partial charge in [-0.15, -0.1) is 0 Å². The van der Waals surface area contributed by atoms with Gasteiger partial charge >= 0.3 is 6.18 Å². The number of benzene rings is 1. The van der Waals surface area contributed by atoms with E-state index in [2.05, 4.69) is 15.9 Å². The summed E-state index contributed by atoms with van der Waals surface area (Å²) in [5.74, 6) is -0.00366. The Labute approximate surface area is 151 Å². The Balaban J connectivity index is 1.76. The van der Waals surface area contributed by atoms with Crippen LogP contribution < -0.4 is 0 Å². The molecule has 25 heavy (non-hydrogen) atoms. The fourth-order valence-electron chi connectivity index (χ4n) is 3.13. The maximum atomic E-state index is 12.8. The van der Waals surface area contributed by atoms with Crippen LogP contribution in [0.4, 0.5) is 13.2 Å². The molecule has 3 rings (SSSR count). The van der Waals surface area contributed by atoms with E-state index in [0.29, 0.717) is 25.1 Å². The van der Waals surface area contributed by atoms with Gasteiger partial charge in [0, 0.05) is 41.6 Å². The standard InChI is InChI=1S/C17H18BrF3N2O2/c1-11-13-9-12(18)3-4-14(13)25-15(11)16(24)23-6-2-5-22(7-8-23)10-17(19,20)21/h3-4,9H,2,5-8,10H2,1H3. The molecule has 1 aromatic carbocycles. The molecule has 136 valence electrons. The molecule has 0 spiro atoms. The number of hydrogen-bond donors (Lipinski definition) is 0. The molecule has 2 aromatic rings. The van der Waals surface area contributed by atoms with Crippen molar-refractivity contribution in [3.63, 3.8) is 0 Å². The van der Waals surface area contributed by atoms with E-state index in [1.807, 2.05) is 19.1 Å². The summed E-state index contributed by atoms with van der Waals surface area (Å²) in [4.78, 5) is 15.7. The first kappa shape index (κ1) is 18.3. The molecule has 0 radical (unpaired) electrons. The maximum absolute atomic E-state index is 12.8. The SMILES string of the molecule is Cc1c(C(=O)N2CCCN(CC(F)(F)F)CC2)oc2ccc(Br)cc12. The minimum Gasteiger partial charge on any atom is -0.451 e. The van der Waals surface area contributed by atoms with Crippen molar-refractivity contribution in [2.24, 2.45) is 0 Å². The lowest BCUT2D eigenvalue weighted by molar-refractivity contribution is -0.145. The van der Waals surface area contributed by atoms with Gasteiger partial charge in [0.15, 0.2) is 5.76 Å². The zero-order chi connectivity index (χ0) is 18.2. The van der Waals surface area contributed by atoms with Gasteiger partial charge in [0.1, 0.15) is 5.58 Å². The Morgan fingerprint density at radius 2 is 2.00 bits per heavy atom. The Morgan fingerprint density at radius 3 is 2.72 bits per heavy atom. The van der Waals surface area contributed by atoms with Crippen molar-refractivity contribution >= 4 is 32.8 Å². The number of aryl methyl sites for hydroxylation is 1. The zero-order valence-electron chi connectivity index (χ0n) is 13.7. The highest BCUT2D eigenvalue weighted by molar-refractivity contribution is 9.10. The van der Waals surface area contributed by atoms with E-state index in [1.54, 1.807) is 11.0 Å². The minimum atomic E-state index is -4.22. The molecule has 0 bridgehead atoms. The Hall–Kier alpha value is -1.54. The molecule has 0 aliphatic carbocycles. The minimum absolute atomic E-state index is 0.204. The largest absolute Gasteiger partial charge is 0.451 e. The van der Waals surface area contributed by atoms with Gasteiger partial charge in [-0.25, -0.2) is 0 Å². The van der Waals surface area contributed by atoms with Gasteiger partial charge in [0.05, 0.1) is 6.54 Å².